The van der Waals surface area contributed by atoms with Crippen LogP contribution in [0.4, 0.5) is 0 Å². The fraction of sp³-hybridized carbons (Fsp3) is 0.533. The van der Waals surface area contributed by atoms with Gasteiger partial charge in [0.05, 0.1) is 6.54 Å². The molecule has 1 amide bonds. The molecule has 0 unspecified atom stereocenters. The molecule has 0 radical (unpaired) electrons. The van der Waals surface area contributed by atoms with E-state index in [4.69, 9.17) is 4.74 Å². The molecule has 0 heterocycles. The lowest BCUT2D eigenvalue weighted by molar-refractivity contribution is -0.126. The average Bonchev–Trinajstić information content (AvgIpc) is 2.46. The van der Waals surface area contributed by atoms with Gasteiger partial charge < -0.3 is 10.1 Å². The maximum atomic E-state index is 11.9. The standard InChI is InChI=1S/C15H20BrNO2/c16-13-6-8-14(9-7-13)19-11-10-17-15(18)12-4-2-1-3-5-12/h6-9,12H,1-5,10-11H2,(H,17,18). The lowest BCUT2D eigenvalue weighted by Crippen LogP contribution is -2.34. The number of carbonyl (C=O) groups is 1. The number of nitrogens with one attached hydrogen (secondary N) is 1. The van der Waals surface area contributed by atoms with Gasteiger partial charge >= 0.3 is 0 Å². The SMILES string of the molecule is O=C(NCCOc1ccc(Br)cc1)C1CCCCC1. The summed E-state index contributed by atoms with van der Waals surface area (Å²) in [7, 11) is 0. The Hall–Kier alpha value is -1.03. The molecule has 4 heteroatoms. The molecule has 0 aliphatic heterocycles. The highest BCUT2D eigenvalue weighted by Crippen LogP contribution is 2.23. The number of rotatable bonds is 5. The fourth-order valence-corrected chi connectivity index (χ4v) is 2.65. The minimum absolute atomic E-state index is 0.194. The quantitative estimate of drug-likeness (QED) is 0.841. The molecule has 1 aliphatic carbocycles. The molecule has 1 fully saturated rings. The Balaban J connectivity index is 1.63. The molecule has 104 valence electrons. The highest BCUT2D eigenvalue weighted by atomic mass is 79.9. The molecule has 19 heavy (non-hydrogen) atoms. The second kappa shape index (κ2) is 7.53. The van der Waals surface area contributed by atoms with E-state index >= 15 is 0 Å². The van der Waals surface area contributed by atoms with Gasteiger partial charge in [-0.05, 0) is 37.1 Å². The first-order chi connectivity index (χ1) is 9.25. The van der Waals surface area contributed by atoms with Crippen molar-refractivity contribution in [3.8, 4) is 5.75 Å². The molecule has 0 saturated heterocycles. The molecule has 2 rings (SSSR count). The largest absolute Gasteiger partial charge is 0.492 e. The molecule has 1 aliphatic rings. The van der Waals surface area contributed by atoms with Crippen LogP contribution in [0.5, 0.6) is 5.75 Å². The van der Waals surface area contributed by atoms with E-state index < -0.39 is 0 Å². The van der Waals surface area contributed by atoms with Gasteiger partial charge in [-0.15, -0.1) is 0 Å². The first-order valence-electron chi connectivity index (χ1n) is 6.92. The molecule has 1 saturated carbocycles. The zero-order valence-electron chi connectivity index (χ0n) is 11.0. The molecular weight excluding hydrogens is 306 g/mol. The van der Waals surface area contributed by atoms with Crippen molar-refractivity contribution in [2.24, 2.45) is 5.92 Å². The first kappa shape index (κ1) is 14.4. The van der Waals surface area contributed by atoms with Crippen LogP contribution in [-0.4, -0.2) is 19.1 Å². The number of benzene rings is 1. The van der Waals surface area contributed by atoms with Crippen molar-refractivity contribution in [3.63, 3.8) is 0 Å². The molecule has 1 N–H and O–H groups in total. The van der Waals surface area contributed by atoms with Crippen LogP contribution in [0.2, 0.25) is 0 Å². The van der Waals surface area contributed by atoms with Crippen LogP contribution in [0.3, 0.4) is 0 Å². The van der Waals surface area contributed by atoms with Gasteiger partial charge in [0.1, 0.15) is 12.4 Å². The zero-order chi connectivity index (χ0) is 13.5. The van der Waals surface area contributed by atoms with Crippen LogP contribution < -0.4 is 10.1 Å². The summed E-state index contributed by atoms with van der Waals surface area (Å²) in [5.41, 5.74) is 0. The third kappa shape index (κ3) is 4.86. The van der Waals surface area contributed by atoms with Crippen molar-refractivity contribution in [3.05, 3.63) is 28.7 Å². The summed E-state index contributed by atoms with van der Waals surface area (Å²) in [6, 6.07) is 7.70. The Morgan fingerprint density at radius 1 is 1.21 bits per heavy atom. The Morgan fingerprint density at radius 2 is 1.89 bits per heavy atom. The Labute approximate surface area is 122 Å². The van der Waals surface area contributed by atoms with Gasteiger partial charge in [-0.3, -0.25) is 4.79 Å². The molecule has 3 nitrogen and oxygen atoms in total. The maximum Gasteiger partial charge on any atom is 0.223 e. The summed E-state index contributed by atoms with van der Waals surface area (Å²) in [6.45, 7) is 1.09. The van der Waals surface area contributed by atoms with Crippen LogP contribution in [-0.2, 0) is 4.79 Å². The normalized spacial score (nSPS) is 16.1. The topological polar surface area (TPSA) is 38.3 Å². The summed E-state index contributed by atoms with van der Waals surface area (Å²) in [4.78, 5) is 11.9. The monoisotopic (exact) mass is 325 g/mol. The van der Waals surface area contributed by atoms with Gasteiger partial charge in [-0.2, -0.15) is 0 Å². The van der Waals surface area contributed by atoms with E-state index in [-0.39, 0.29) is 11.8 Å². The van der Waals surface area contributed by atoms with Crippen molar-refractivity contribution >= 4 is 21.8 Å². The predicted octanol–water partition coefficient (Wildman–Crippen LogP) is 3.52. The van der Waals surface area contributed by atoms with Crippen molar-refractivity contribution < 1.29 is 9.53 Å². The molecule has 0 spiro atoms. The van der Waals surface area contributed by atoms with Crippen molar-refractivity contribution in [2.75, 3.05) is 13.2 Å². The summed E-state index contributed by atoms with van der Waals surface area (Å²) >= 11 is 3.38. The average molecular weight is 326 g/mol. The minimum Gasteiger partial charge on any atom is -0.492 e. The van der Waals surface area contributed by atoms with Crippen LogP contribution in [0.25, 0.3) is 0 Å². The summed E-state index contributed by atoms with van der Waals surface area (Å²) in [5, 5.41) is 2.96. The van der Waals surface area contributed by atoms with Crippen LogP contribution in [0, 0.1) is 5.92 Å². The van der Waals surface area contributed by atoms with Crippen molar-refractivity contribution in [1.82, 2.24) is 5.32 Å². The van der Waals surface area contributed by atoms with E-state index in [0.717, 1.165) is 23.1 Å². The van der Waals surface area contributed by atoms with E-state index in [1.165, 1.54) is 19.3 Å². The van der Waals surface area contributed by atoms with E-state index in [9.17, 15) is 4.79 Å². The van der Waals surface area contributed by atoms with E-state index in [2.05, 4.69) is 21.2 Å². The number of amides is 1. The molecule has 0 aromatic heterocycles. The fourth-order valence-electron chi connectivity index (χ4n) is 2.38. The molecular formula is C15H20BrNO2. The van der Waals surface area contributed by atoms with Gasteiger partial charge in [-0.1, -0.05) is 35.2 Å². The highest BCUT2D eigenvalue weighted by Gasteiger charge is 2.20. The summed E-state index contributed by atoms with van der Waals surface area (Å²) < 4.78 is 6.60. The maximum absolute atomic E-state index is 11.9. The number of halogens is 1. The van der Waals surface area contributed by atoms with E-state index in [1.54, 1.807) is 0 Å². The third-order valence-electron chi connectivity index (χ3n) is 3.46. The molecule has 1 aromatic carbocycles. The van der Waals surface area contributed by atoms with Crippen LogP contribution in [0.1, 0.15) is 32.1 Å². The predicted molar refractivity (Wildman–Crippen MR) is 79.2 cm³/mol. The van der Waals surface area contributed by atoms with E-state index in [0.29, 0.717) is 13.2 Å². The van der Waals surface area contributed by atoms with E-state index in [1.807, 2.05) is 24.3 Å². The molecule has 0 atom stereocenters. The van der Waals surface area contributed by atoms with Crippen LogP contribution in [0.15, 0.2) is 28.7 Å². The Kier molecular flexibility index (Phi) is 5.70. The lowest BCUT2D eigenvalue weighted by Gasteiger charge is -2.20. The summed E-state index contributed by atoms with van der Waals surface area (Å²) in [6.07, 6.45) is 5.73. The number of hydrogen-bond donors (Lipinski definition) is 1. The number of ether oxygens (including phenoxy) is 1. The van der Waals surface area contributed by atoms with Gasteiger partial charge in [0.2, 0.25) is 5.91 Å². The highest BCUT2D eigenvalue weighted by molar-refractivity contribution is 9.10. The van der Waals surface area contributed by atoms with Crippen LogP contribution >= 0.6 is 15.9 Å². The third-order valence-corrected chi connectivity index (χ3v) is 3.99. The van der Waals surface area contributed by atoms with Gasteiger partial charge in [0.25, 0.3) is 0 Å². The molecule has 1 aromatic rings. The second-order valence-electron chi connectivity index (χ2n) is 4.93. The smallest absolute Gasteiger partial charge is 0.223 e. The Morgan fingerprint density at radius 3 is 2.58 bits per heavy atom. The van der Waals surface area contributed by atoms with Gasteiger partial charge in [0.15, 0.2) is 0 Å². The summed E-state index contributed by atoms with van der Waals surface area (Å²) in [5.74, 6) is 1.25. The number of carbonyl (C=O) groups excluding carboxylic acids is 1. The van der Waals surface area contributed by atoms with Crippen molar-refractivity contribution in [2.45, 2.75) is 32.1 Å². The number of hydrogen-bond acceptors (Lipinski definition) is 2. The van der Waals surface area contributed by atoms with Gasteiger partial charge in [0, 0.05) is 10.4 Å². The minimum atomic E-state index is 0.194. The first-order valence-corrected chi connectivity index (χ1v) is 7.71. The zero-order valence-corrected chi connectivity index (χ0v) is 12.6. The van der Waals surface area contributed by atoms with Crippen molar-refractivity contribution in [1.29, 1.82) is 0 Å². The van der Waals surface area contributed by atoms with Gasteiger partial charge in [-0.25, -0.2) is 0 Å². The Bertz CT molecular complexity index is 399. The lowest BCUT2D eigenvalue weighted by atomic mass is 9.89. The second-order valence-corrected chi connectivity index (χ2v) is 5.84. The molecule has 0 bridgehead atoms.